The van der Waals surface area contributed by atoms with Gasteiger partial charge < -0.3 is 14.8 Å². The second kappa shape index (κ2) is 7.61. The van der Waals surface area contributed by atoms with Crippen LogP contribution in [0.3, 0.4) is 0 Å². The van der Waals surface area contributed by atoms with Gasteiger partial charge in [-0.2, -0.15) is 10.2 Å². The molecule has 0 saturated carbocycles. The van der Waals surface area contributed by atoms with Gasteiger partial charge >= 0.3 is 0 Å². The molecule has 0 bridgehead atoms. The molecule has 0 aliphatic carbocycles. The molecule has 1 aromatic carbocycles. The summed E-state index contributed by atoms with van der Waals surface area (Å²) in [5, 5.41) is 15.5. The summed E-state index contributed by atoms with van der Waals surface area (Å²) in [5.74, 6) is 1.75. The molecule has 2 aromatic heterocycles. The van der Waals surface area contributed by atoms with Gasteiger partial charge in [-0.3, -0.25) is 4.68 Å². The van der Waals surface area contributed by atoms with E-state index in [-0.39, 0.29) is 0 Å². The molecule has 8 heteroatoms. The lowest BCUT2D eigenvalue weighted by molar-refractivity contribution is 0.397. The zero-order valence-electron chi connectivity index (χ0n) is 14.4. The van der Waals surface area contributed by atoms with Crippen LogP contribution in [0.4, 0.5) is 5.95 Å². The second-order valence-corrected chi connectivity index (χ2v) is 5.26. The minimum absolute atomic E-state index is 0.426. The average molecular weight is 340 g/mol. The van der Waals surface area contributed by atoms with Gasteiger partial charge in [-0.25, -0.2) is 4.98 Å². The Morgan fingerprint density at radius 1 is 1.12 bits per heavy atom. The van der Waals surface area contributed by atoms with Crippen LogP contribution < -0.4 is 14.8 Å². The molecule has 0 fully saturated rings. The maximum Gasteiger partial charge on any atom is 0.243 e. The van der Waals surface area contributed by atoms with E-state index in [1.165, 1.54) is 0 Å². The van der Waals surface area contributed by atoms with Gasteiger partial charge in [0.1, 0.15) is 17.2 Å². The first-order valence-electron chi connectivity index (χ1n) is 7.91. The summed E-state index contributed by atoms with van der Waals surface area (Å²) < 4.78 is 12.7. The molecule has 3 rings (SSSR count). The van der Waals surface area contributed by atoms with Gasteiger partial charge in [0.15, 0.2) is 0 Å². The Balaban J connectivity index is 1.84. The van der Waals surface area contributed by atoms with Crippen LogP contribution >= 0.6 is 0 Å². The lowest BCUT2D eigenvalue weighted by Crippen LogP contribution is -2.05. The van der Waals surface area contributed by atoms with Gasteiger partial charge in [-0.15, -0.1) is 5.10 Å². The quantitative estimate of drug-likeness (QED) is 0.706. The number of nitrogens with one attached hydrogen (secondary N) is 1. The molecule has 3 aromatic rings. The third-order valence-electron chi connectivity index (χ3n) is 3.70. The molecule has 0 unspecified atom stereocenters. The van der Waals surface area contributed by atoms with Crippen LogP contribution in [-0.4, -0.2) is 39.2 Å². The SMILES string of the molecule is CCn1cc(CNc2nncc(-c3c(OC)cccc3OC)n2)cn1. The number of hydrogen-bond donors (Lipinski definition) is 1. The minimum atomic E-state index is 0.426. The Morgan fingerprint density at radius 3 is 2.52 bits per heavy atom. The van der Waals surface area contributed by atoms with E-state index in [1.54, 1.807) is 20.4 Å². The van der Waals surface area contributed by atoms with E-state index in [4.69, 9.17) is 9.47 Å². The molecule has 1 N–H and O–H groups in total. The fourth-order valence-electron chi connectivity index (χ4n) is 2.45. The van der Waals surface area contributed by atoms with E-state index in [1.807, 2.05) is 42.2 Å². The normalized spacial score (nSPS) is 10.5. The average Bonchev–Trinajstić information content (AvgIpc) is 3.14. The molecule has 25 heavy (non-hydrogen) atoms. The molecule has 130 valence electrons. The summed E-state index contributed by atoms with van der Waals surface area (Å²) in [5.41, 5.74) is 2.41. The number of ether oxygens (including phenoxy) is 2. The number of benzene rings is 1. The zero-order chi connectivity index (χ0) is 17.6. The zero-order valence-corrected chi connectivity index (χ0v) is 14.4. The van der Waals surface area contributed by atoms with Crippen molar-refractivity contribution in [1.82, 2.24) is 25.0 Å². The Kier molecular flexibility index (Phi) is 5.08. The van der Waals surface area contributed by atoms with Crippen molar-refractivity contribution < 1.29 is 9.47 Å². The van der Waals surface area contributed by atoms with E-state index in [9.17, 15) is 0 Å². The molecule has 0 aliphatic heterocycles. The second-order valence-electron chi connectivity index (χ2n) is 5.26. The topological polar surface area (TPSA) is 87.0 Å². The fourth-order valence-corrected chi connectivity index (χ4v) is 2.45. The molecule has 0 spiro atoms. The van der Waals surface area contributed by atoms with Crippen LogP contribution in [0.15, 0.2) is 36.8 Å². The number of rotatable bonds is 7. The first-order chi connectivity index (χ1) is 12.2. The van der Waals surface area contributed by atoms with Gasteiger partial charge in [-0.1, -0.05) is 6.07 Å². The molecule has 0 aliphatic rings. The maximum atomic E-state index is 5.43. The Labute approximate surface area is 145 Å². The Morgan fingerprint density at radius 2 is 1.88 bits per heavy atom. The van der Waals surface area contributed by atoms with Crippen LogP contribution in [0.25, 0.3) is 11.3 Å². The van der Waals surface area contributed by atoms with Gasteiger partial charge in [0.2, 0.25) is 5.95 Å². The van der Waals surface area contributed by atoms with E-state index >= 15 is 0 Å². The van der Waals surface area contributed by atoms with Gasteiger partial charge in [-0.05, 0) is 19.1 Å². The largest absolute Gasteiger partial charge is 0.496 e. The molecule has 0 saturated heterocycles. The van der Waals surface area contributed by atoms with E-state index in [0.717, 1.165) is 17.7 Å². The molecule has 8 nitrogen and oxygen atoms in total. The van der Waals surface area contributed by atoms with Crippen molar-refractivity contribution in [2.75, 3.05) is 19.5 Å². The first kappa shape index (κ1) is 16.7. The number of anilines is 1. The predicted octanol–water partition coefficient (Wildman–Crippen LogP) is 2.38. The van der Waals surface area contributed by atoms with Crippen LogP contribution in [0.2, 0.25) is 0 Å². The molecule has 0 atom stereocenters. The van der Waals surface area contributed by atoms with E-state index < -0.39 is 0 Å². The van der Waals surface area contributed by atoms with Crippen molar-refractivity contribution in [2.45, 2.75) is 20.0 Å². The first-order valence-corrected chi connectivity index (χ1v) is 7.91. The van der Waals surface area contributed by atoms with Gasteiger partial charge in [0.25, 0.3) is 0 Å². The highest BCUT2D eigenvalue weighted by atomic mass is 16.5. The van der Waals surface area contributed by atoms with E-state index in [0.29, 0.717) is 29.7 Å². The highest BCUT2D eigenvalue weighted by Gasteiger charge is 2.15. The third-order valence-corrected chi connectivity index (χ3v) is 3.70. The van der Waals surface area contributed by atoms with Crippen LogP contribution in [0, 0.1) is 0 Å². The lowest BCUT2D eigenvalue weighted by Gasteiger charge is -2.12. The molecular weight excluding hydrogens is 320 g/mol. The third kappa shape index (κ3) is 3.68. The summed E-state index contributed by atoms with van der Waals surface area (Å²) >= 11 is 0. The predicted molar refractivity (Wildman–Crippen MR) is 93.6 cm³/mol. The van der Waals surface area contributed by atoms with Crippen molar-refractivity contribution >= 4 is 5.95 Å². The summed E-state index contributed by atoms with van der Waals surface area (Å²) in [6.07, 6.45) is 5.38. The van der Waals surface area contributed by atoms with Crippen LogP contribution in [-0.2, 0) is 13.1 Å². The molecule has 0 amide bonds. The van der Waals surface area contributed by atoms with Crippen LogP contribution in [0.1, 0.15) is 12.5 Å². The van der Waals surface area contributed by atoms with Crippen molar-refractivity contribution in [3.8, 4) is 22.8 Å². The number of aromatic nitrogens is 5. The highest BCUT2D eigenvalue weighted by Crippen LogP contribution is 2.36. The summed E-state index contributed by atoms with van der Waals surface area (Å²) in [6.45, 7) is 3.44. The highest BCUT2D eigenvalue weighted by molar-refractivity contribution is 5.74. The number of methoxy groups -OCH3 is 2. The minimum Gasteiger partial charge on any atom is -0.496 e. The number of nitrogens with zero attached hydrogens (tertiary/aromatic N) is 5. The lowest BCUT2D eigenvalue weighted by atomic mass is 10.1. The summed E-state index contributed by atoms with van der Waals surface area (Å²) in [4.78, 5) is 4.53. The molecular formula is C17H20N6O2. The molecule has 0 radical (unpaired) electrons. The maximum absolute atomic E-state index is 5.43. The fraction of sp³-hybridized carbons (Fsp3) is 0.294. The van der Waals surface area contributed by atoms with E-state index in [2.05, 4.69) is 25.6 Å². The Hall–Kier alpha value is -3.16. The number of aryl methyl sites for hydroxylation is 1. The standard InChI is InChI=1S/C17H20N6O2/c1-4-23-11-12(9-20-23)8-18-17-21-13(10-19-22-17)16-14(24-2)6-5-7-15(16)25-3/h5-7,9-11H,4,8H2,1-3H3,(H,18,21,22). The van der Waals surface area contributed by atoms with Crippen molar-refractivity contribution in [2.24, 2.45) is 0 Å². The van der Waals surface area contributed by atoms with Crippen molar-refractivity contribution in [3.05, 3.63) is 42.4 Å². The summed E-state index contributed by atoms with van der Waals surface area (Å²) in [6, 6.07) is 5.57. The molecule has 2 heterocycles. The van der Waals surface area contributed by atoms with Crippen molar-refractivity contribution in [3.63, 3.8) is 0 Å². The monoisotopic (exact) mass is 340 g/mol. The summed E-state index contributed by atoms with van der Waals surface area (Å²) in [7, 11) is 3.22. The van der Waals surface area contributed by atoms with Crippen molar-refractivity contribution in [1.29, 1.82) is 0 Å². The van der Waals surface area contributed by atoms with Gasteiger partial charge in [0, 0.05) is 24.8 Å². The van der Waals surface area contributed by atoms with Gasteiger partial charge in [0.05, 0.1) is 32.2 Å². The smallest absolute Gasteiger partial charge is 0.243 e. The Bertz CT molecular complexity index is 826. The van der Waals surface area contributed by atoms with Crippen LogP contribution in [0.5, 0.6) is 11.5 Å². The number of hydrogen-bond acceptors (Lipinski definition) is 7.